The molecule has 3 aromatic rings. The minimum absolute atomic E-state index is 0.0603. The van der Waals surface area contributed by atoms with Crippen LogP contribution in [0, 0.1) is 11.8 Å². The summed E-state index contributed by atoms with van der Waals surface area (Å²) >= 11 is 6.05. The van der Waals surface area contributed by atoms with E-state index in [1.165, 1.54) is 4.31 Å². The van der Waals surface area contributed by atoms with Crippen LogP contribution in [0.3, 0.4) is 0 Å². The molecule has 2 N–H and O–H groups in total. The molecule has 2 aliphatic rings. The van der Waals surface area contributed by atoms with Gasteiger partial charge in [0.1, 0.15) is 5.75 Å². The highest BCUT2D eigenvalue weighted by Gasteiger charge is 2.38. The summed E-state index contributed by atoms with van der Waals surface area (Å²) in [6, 6.07) is 21.5. The normalized spacial score (nSPS) is 21.1. The highest BCUT2D eigenvalue weighted by molar-refractivity contribution is 7.89. The molecular formula is C34H42ClN3O4S. The van der Waals surface area contributed by atoms with Crippen molar-refractivity contribution in [1.29, 1.82) is 0 Å². The van der Waals surface area contributed by atoms with E-state index in [1.807, 2.05) is 48.5 Å². The molecule has 1 atom stereocenters. The molecule has 1 aliphatic carbocycles. The molecular weight excluding hydrogens is 582 g/mol. The zero-order chi connectivity index (χ0) is 30.6. The molecule has 1 aliphatic heterocycles. The van der Waals surface area contributed by atoms with E-state index in [9.17, 15) is 13.2 Å². The fourth-order valence-electron chi connectivity index (χ4n) is 6.61. The second-order valence-electron chi connectivity index (χ2n) is 12.3. The van der Waals surface area contributed by atoms with Gasteiger partial charge in [0.05, 0.1) is 18.0 Å². The average Bonchev–Trinajstić information content (AvgIpc) is 3.01. The Morgan fingerprint density at radius 1 is 0.977 bits per heavy atom. The van der Waals surface area contributed by atoms with Crippen LogP contribution in [-0.2, 0) is 21.2 Å². The van der Waals surface area contributed by atoms with Gasteiger partial charge in [-0.15, -0.1) is 0 Å². The van der Waals surface area contributed by atoms with Crippen LogP contribution >= 0.6 is 11.6 Å². The van der Waals surface area contributed by atoms with Gasteiger partial charge in [0.25, 0.3) is 0 Å². The summed E-state index contributed by atoms with van der Waals surface area (Å²) in [7, 11) is -2.27. The molecule has 1 fully saturated rings. The topological polar surface area (TPSA) is 87.7 Å². The number of carbonyl (C=O) groups is 1. The molecule has 0 spiro atoms. The van der Waals surface area contributed by atoms with Crippen molar-refractivity contribution < 1.29 is 17.9 Å². The number of carbonyl (C=O) groups excluding carboxylic acids is 1. The van der Waals surface area contributed by atoms with Gasteiger partial charge in [0.15, 0.2) is 0 Å². The first-order chi connectivity index (χ1) is 20.6. The summed E-state index contributed by atoms with van der Waals surface area (Å²) in [6.07, 6.45) is 4.94. The largest absolute Gasteiger partial charge is 0.497 e. The maximum absolute atomic E-state index is 13.8. The lowest BCUT2D eigenvalue weighted by Crippen LogP contribution is -2.43. The van der Waals surface area contributed by atoms with E-state index >= 15 is 0 Å². The molecule has 0 saturated heterocycles. The quantitative estimate of drug-likeness (QED) is 0.258. The number of benzene rings is 3. The van der Waals surface area contributed by atoms with Crippen LogP contribution in [0.4, 0.5) is 5.69 Å². The molecule has 1 unspecified atom stereocenters. The summed E-state index contributed by atoms with van der Waals surface area (Å²) in [6.45, 7) is 5.44. The van der Waals surface area contributed by atoms with E-state index < -0.39 is 16.1 Å². The van der Waals surface area contributed by atoms with E-state index in [2.05, 4.69) is 24.5 Å². The van der Waals surface area contributed by atoms with E-state index in [1.54, 1.807) is 31.4 Å². The summed E-state index contributed by atoms with van der Waals surface area (Å²) < 4.78 is 34.3. The Labute approximate surface area is 261 Å². The van der Waals surface area contributed by atoms with Crippen LogP contribution in [0.15, 0.2) is 77.7 Å². The number of ether oxygens (including phenoxy) is 1. The number of methoxy groups -OCH3 is 1. The molecule has 0 bridgehead atoms. The van der Waals surface area contributed by atoms with Crippen molar-refractivity contribution in [2.75, 3.05) is 25.5 Å². The van der Waals surface area contributed by atoms with Gasteiger partial charge >= 0.3 is 0 Å². The van der Waals surface area contributed by atoms with Gasteiger partial charge in [-0.2, -0.15) is 4.31 Å². The lowest BCUT2D eigenvalue weighted by molar-refractivity contribution is -0.122. The summed E-state index contributed by atoms with van der Waals surface area (Å²) in [4.78, 5) is 13.5. The van der Waals surface area contributed by atoms with Crippen LogP contribution in [0.1, 0.15) is 63.1 Å². The molecule has 5 rings (SSSR count). The first kappa shape index (κ1) is 31.4. The molecule has 230 valence electrons. The standard InChI is InChI=1S/C34H42ClN3O4S/c1-34(2,37-28-14-12-27(35)13-15-28)26-10-8-24(9-11-26)23-36-33(39)22-32-31-7-5-4-6-25(31)20-21-38(32)43(40,41)30-18-16-29(42-3)17-19-30/h4-7,12-19,24,26,32,37H,8-11,20-23H2,1-3H3,(H,36,39). The Hall–Kier alpha value is -3.07. The van der Waals surface area contributed by atoms with Crippen LogP contribution in [0.25, 0.3) is 0 Å². The number of nitrogens with one attached hydrogen (secondary N) is 2. The highest BCUT2D eigenvalue weighted by Crippen LogP contribution is 2.38. The third kappa shape index (κ3) is 7.36. The maximum atomic E-state index is 13.8. The van der Waals surface area contributed by atoms with Crippen LogP contribution in [0.5, 0.6) is 5.75 Å². The number of hydrogen-bond acceptors (Lipinski definition) is 5. The average molecular weight is 624 g/mol. The van der Waals surface area contributed by atoms with Gasteiger partial charge in [-0.1, -0.05) is 35.9 Å². The molecule has 0 aromatic heterocycles. The van der Waals surface area contributed by atoms with Crippen molar-refractivity contribution in [3.05, 3.63) is 88.9 Å². The highest BCUT2D eigenvalue weighted by atomic mass is 35.5. The third-order valence-corrected chi connectivity index (χ3v) is 11.3. The van der Waals surface area contributed by atoms with Crippen LogP contribution < -0.4 is 15.4 Å². The Balaban J connectivity index is 1.20. The number of halogens is 1. The van der Waals surface area contributed by atoms with E-state index in [0.29, 0.717) is 37.1 Å². The minimum Gasteiger partial charge on any atom is -0.497 e. The first-order valence-electron chi connectivity index (χ1n) is 15.1. The Morgan fingerprint density at radius 2 is 1.65 bits per heavy atom. The Kier molecular flexibility index (Phi) is 9.69. The summed E-state index contributed by atoms with van der Waals surface area (Å²) in [5, 5.41) is 7.56. The summed E-state index contributed by atoms with van der Waals surface area (Å²) in [5.41, 5.74) is 3.00. The van der Waals surface area contributed by atoms with Gasteiger partial charge in [0, 0.05) is 35.8 Å². The number of amides is 1. The van der Waals surface area contributed by atoms with E-state index in [0.717, 1.165) is 47.5 Å². The number of fused-ring (bicyclic) bond motifs is 1. The Bertz CT molecular complexity index is 1500. The van der Waals surface area contributed by atoms with Crippen molar-refractivity contribution in [1.82, 2.24) is 9.62 Å². The molecule has 1 amide bonds. The molecule has 9 heteroatoms. The van der Waals surface area contributed by atoms with Crippen LogP contribution in [0.2, 0.25) is 5.02 Å². The zero-order valence-electron chi connectivity index (χ0n) is 25.2. The van der Waals surface area contributed by atoms with Gasteiger partial charge in [0.2, 0.25) is 15.9 Å². The summed E-state index contributed by atoms with van der Waals surface area (Å²) in [5.74, 6) is 1.40. The molecule has 0 radical (unpaired) electrons. The van der Waals surface area contributed by atoms with Crippen molar-refractivity contribution in [3.63, 3.8) is 0 Å². The SMILES string of the molecule is COc1ccc(S(=O)(=O)N2CCc3ccccc3C2CC(=O)NCC2CCC(C(C)(C)Nc3ccc(Cl)cc3)CC2)cc1. The van der Waals surface area contributed by atoms with Gasteiger partial charge in [-0.05, 0) is 117 Å². The van der Waals surface area contributed by atoms with E-state index in [4.69, 9.17) is 16.3 Å². The smallest absolute Gasteiger partial charge is 0.243 e. The molecule has 1 heterocycles. The molecule has 3 aromatic carbocycles. The van der Waals surface area contributed by atoms with Crippen LogP contribution in [-0.4, -0.2) is 44.4 Å². The molecule has 1 saturated carbocycles. The number of rotatable bonds is 10. The van der Waals surface area contributed by atoms with Crippen molar-refractivity contribution in [2.24, 2.45) is 11.8 Å². The number of nitrogens with zero attached hydrogens (tertiary/aromatic N) is 1. The second-order valence-corrected chi connectivity index (χ2v) is 14.7. The second kappa shape index (κ2) is 13.3. The number of anilines is 1. The lowest BCUT2D eigenvalue weighted by Gasteiger charge is -2.40. The third-order valence-electron chi connectivity index (χ3n) is 9.17. The maximum Gasteiger partial charge on any atom is 0.243 e. The fourth-order valence-corrected chi connectivity index (χ4v) is 8.34. The van der Waals surface area contributed by atoms with E-state index in [-0.39, 0.29) is 22.8 Å². The van der Waals surface area contributed by atoms with Crippen molar-refractivity contribution in [3.8, 4) is 5.75 Å². The van der Waals surface area contributed by atoms with Crippen molar-refractivity contribution in [2.45, 2.75) is 68.8 Å². The minimum atomic E-state index is -3.82. The predicted molar refractivity (Wildman–Crippen MR) is 172 cm³/mol. The number of hydrogen-bond donors (Lipinski definition) is 2. The Morgan fingerprint density at radius 3 is 2.33 bits per heavy atom. The lowest BCUT2D eigenvalue weighted by atomic mass is 9.73. The first-order valence-corrected chi connectivity index (χ1v) is 16.9. The van der Waals surface area contributed by atoms with Gasteiger partial charge in [-0.25, -0.2) is 8.42 Å². The van der Waals surface area contributed by atoms with Crippen molar-refractivity contribution >= 4 is 33.2 Å². The zero-order valence-corrected chi connectivity index (χ0v) is 26.8. The molecule has 7 nitrogen and oxygen atoms in total. The molecule has 43 heavy (non-hydrogen) atoms. The fraction of sp³-hybridized carbons (Fsp3) is 0.441. The van der Waals surface area contributed by atoms with Gasteiger partial charge < -0.3 is 15.4 Å². The number of sulfonamides is 1. The van der Waals surface area contributed by atoms with Gasteiger partial charge in [-0.3, -0.25) is 4.79 Å². The predicted octanol–water partition coefficient (Wildman–Crippen LogP) is 6.84. The monoisotopic (exact) mass is 623 g/mol.